The Morgan fingerprint density at radius 2 is 1.97 bits per heavy atom. The average Bonchev–Trinajstić information content (AvgIpc) is 3.47. The molecule has 1 saturated heterocycles. The van der Waals surface area contributed by atoms with Crippen LogP contribution in [0.25, 0.3) is 0 Å². The topological polar surface area (TPSA) is 43.4 Å². The first-order valence-corrected chi connectivity index (χ1v) is 13.6. The highest BCUT2D eigenvalue weighted by Crippen LogP contribution is 2.52. The molecule has 0 radical (unpaired) electrons. The number of nitrogens with zero attached hydrogens (tertiary/aromatic N) is 1. The lowest BCUT2D eigenvalue weighted by atomic mass is 9.64. The molecule has 3 fully saturated rings. The SMILES string of the molecule is c1ccc([C@]2(CCNCC3OCC4(CCC4)c4ccsc43)CCOC3(CCCC3)C2)nc1. The second kappa shape index (κ2) is 8.50. The van der Waals surface area contributed by atoms with Crippen molar-refractivity contribution in [2.45, 2.75) is 86.7 Å². The van der Waals surface area contributed by atoms with Crippen molar-refractivity contribution in [3.63, 3.8) is 0 Å². The van der Waals surface area contributed by atoms with Crippen molar-refractivity contribution in [3.8, 4) is 0 Å². The predicted molar refractivity (Wildman–Crippen MR) is 128 cm³/mol. The quantitative estimate of drug-likeness (QED) is 0.573. The van der Waals surface area contributed by atoms with Gasteiger partial charge in [0, 0.05) is 40.7 Å². The van der Waals surface area contributed by atoms with Crippen LogP contribution in [-0.2, 0) is 20.3 Å². The highest BCUT2D eigenvalue weighted by molar-refractivity contribution is 7.10. The highest BCUT2D eigenvalue weighted by Gasteiger charge is 2.48. The van der Waals surface area contributed by atoms with Gasteiger partial charge < -0.3 is 14.8 Å². The van der Waals surface area contributed by atoms with Crippen molar-refractivity contribution >= 4 is 11.3 Å². The van der Waals surface area contributed by atoms with Gasteiger partial charge in [-0.3, -0.25) is 4.98 Å². The molecule has 2 aliphatic carbocycles. The van der Waals surface area contributed by atoms with Crippen LogP contribution in [0.1, 0.15) is 86.4 Å². The standard InChI is InChI=1S/C27H36N2O2S/c1-4-14-29-23(6-1)25(13-16-31-27(19-25)10-2-3-11-27)12-15-28-18-22-24-21(7-17-32-24)26(20-30-22)8-5-9-26/h1,4,6-7,14,17,22,28H,2-3,5,8-13,15-16,18-20H2/t22?,25-/m1/s1. The van der Waals surface area contributed by atoms with Crippen molar-refractivity contribution in [2.24, 2.45) is 0 Å². The van der Waals surface area contributed by atoms with Crippen LogP contribution in [0.3, 0.4) is 0 Å². The molecule has 6 rings (SSSR count). The van der Waals surface area contributed by atoms with E-state index in [9.17, 15) is 0 Å². The number of pyridine rings is 1. The van der Waals surface area contributed by atoms with E-state index in [1.54, 1.807) is 5.56 Å². The lowest BCUT2D eigenvalue weighted by Crippen LogP contribution is -2.48. The molecule has 2 aromatic heterocycles. The van der Waals surface area contributed by atoms with Gasteiger partial charge in [0.1, 0.15) is 6.10 Å². The number of thiophene rings is 1. The molecule has 2 aliphatic heterocycles. The van der Waals surface area contributed by atoms with Crippen molar-refractivity contribution in [2.75, 3.05) is 26.3 Å². The first-order chi connectivity index (χ1) is 15.7. The molecule has 0 bridgehead atoms. The first-order valence-electron chi connectivity index (χ1n) is 12.7. The van der Waals surface area contributed by atoms with E-state index in [0.29, 0.717) is 5.41 Å². The van der Waals surface area contributed by atoms with Crippen LogP contribution in [-0.4, -0.2) is 36.9 Å². The third-order valence-corrected chi connectivity index (χ3v) is 9.92. The molecule has 5 heteroatoms. The summed E-state index contributed by atoms with van der Waals surface area (Å²) in [5.41, 5.74) is 3.40. The summed E-state index contributed by atoms with van der Waals surface area (Å²) in [6.45, 7) is 3.67. The summed E-state index contributed by atoms with van der Waals surface area (Å²) in [6, 6.07) is 8.80. The lowest BCUT2D eigenvalue weighted by Gasteiger charge is -2.47. The van der Waals surface area contributed by atoms with Gasteiger partial charge in [0.25, 0.3) is 0 Å². The van der Waals surface area contributed by atoms with E-state index in [4.69, 9.17) is 14.5 Å². The van der Waals surface area contributed by atoms with Crippen LogP contribution >= 0.6 is 11.3 Å². The molecular formula is C27H36N2O2S. The Morgan fingerprint density at radius 3 is 2.75 bits per heavy atom. The van der Waals surface area contributed by atoms with E-state index in [0.717, 1.165) is 45.6 Å². The number of rotatable bonds is 6. The zero-order valence-corrected chi connectivity index (χ0v) is 19.9. The summed E-state index contributed by atoms with van der Waals surface area (Å²) in [4.78, 5) is 6.32. The van der Waals surface area contributed by atoms with E-state index in [-0.39, 0.29) is 17.1 Å². The maximum absolute atomic E-state index is 6.41. The number of hydrogen-bond acceptors (Lipinski definition) is 5. The first kappa shape index (κ1) is 21.3. The Bertz CT molecular complexity index is 919. The maximum Gasteiger partial charge on any atom is 0.104 e. The predicted octanol–water partition coefficient (Wildman–Crippen LogP) is 5.68. The Balaban J connectivity index is 1.13. The van der Waals surface area contributed by atoms with Crippen molar-refractivity contribution < 1.29 is 9.47 Å². The Hall–Kier alpha value is -1.27. The zero-order chi connectivity index (χ0) is 21.5. The number of nitrogens with one attached hydrogen (secondary N) is 1. The molecule has 2 saturated carbocycles. The third-order valence-electron chi connectivity index (χ3n) is 8.91. The number of ether oxygens (including phenoxy) is 2. The minimum absolute atomic E-state index is 0.0885. The molecule has 4 heterocycles. The summed E-state index contributed by atoms with van der Waals surface area (Å²) in [5, 5.41) is 6.05. The van der Waals surface area contributed by atoms with Gasteiger partial charge in [-0.1, -0.05) is 25.3 Å². The van der Waals surface area contributed by atoms with E-state index in [2.05, 4.69) is 28.9 Å². The van der Waals surface area contributed by atoms with Gasteiger partial charge in [-0.25, -0.2) is 0 Å². The molecule has 2 spiro atoms. The monoisotopic (exact) mass is 452 g/mol. The van der Waals surface area contributed by atoms with Gasteiger partial charge in [0.2, 0.25) is 0 Å². The largest absolute Gasteiger partial charge is 0.375 e. The van der Waals surface area contributed by atoms with E-state index < -0.39 is 0 Å². The summed E-state index contributed by atoms with van der Waals surface area (Å²) in [5.74, 6) is 0. The Morgan fingerprint density at radius 1 is 1.06 bits per heavy atom. The summed E-state index contributed by atoms with van der Waals surface area (Å²) in [7, 11) is 0. The highest BCUT2D eigenvalue weighted by atomic mass is 32.1. The Labute approximate surface area is 196 Å². The van der Waals surface area contributed by atoms with Crippen LogP contribution in [0.5, 0.6) is 0 Å². The fourth-order valence-electron chi connectivity index (χ4n) is 6.95. The molecule has 172 valence electrons. The van der Waals surface area contributed by atoms with Gasteiger partial charge in [-0.15, -0.1) is 11.3 Å². The number of aromatic nitrogens is 1. The van der Waals surface area contributed by atoms with Crippen molar-refractivity contribution in [1.29, 1.82) is 0 Å². The molecule has 0 amide bonds. The fraction of sp³-hybridized carbons (Fsp3) is 0.667. The number of hydrogen-bond donors (Lipinski definition) is 1. The molecular weight excluding hydrogens is 416 g/mol. The fourth-order valence-corrected chi connectivity index (χ4v) is 8.01. The van der Waals surface area contributed by atoms with Crippen LogP contribution in [0.2, 0.25) is 0 Å². The molecule has 2 atom stereocenters. The summed E-state index contributed by atoms with van der Waals surface area (Å²) < 4.78 is 12.8. The second-order valence-electron chi connectivity index (χ2n) is 10.7. The summed E-state index contributed by atoms with van der Waals surface area (Å²) in [6.07, 6.45) is 14.5. The van der Waals surface area contributed by atoms with E-state index in [1.165, 1.54) is 55.5 Å². The van der Waals surface area contributed by atoms with Gasteiger partial charge >= 0.3 is 0 Å². The minimum Gasteiger partial charge on any atom is -0.375 e. The lowest BCUT2D eigenvalue weighted by molar-refractivity contribution is -0.104. The summed E-state index contributed by atoms with van der Waals surface area (Å²) >= 11 is 1.89. The van der Waals surface area contributed by atoms with Crippen molar-refractivity contribution in [3.05, 3.63) is 52.0 Å². The van der Waals surface area contributed by atoms with Crippen LogP contribution in [0, 0.1) is 0 Å². The van der Waals surface area contributed by atoms with Crippen LogP contribution in [0.15, 0.2) is 35.8 Å². The number of fused-ring (bicyclic) bond motifs is 2. The van der Waals surface area contributed by atoms with Gasteiger partial charge in [0.05, 0.1) is 12.2 Å². The normalized spacial score (nSPS) is 30.3. The molecule has 32 heavy (non-hydrogen) atoms. The molecule has 1 N–H and O–H groups in total. The van der Waals surface area contributed by atoms with E-state index in [1.807, 2.05) is 23.6 Å². The molecule has 4 aliphatic rings. The average molecular weight is 453 g/mol. The van der Waals surface area contributed by atoms with Crippen LogP contribution < -0.4 is 5.32 Å². The second-order valence-corrected chi connectivity index (χ2v) is 11.7. The Kier molecular flexibility index (Phi) is 5.65. The molecule has 2 aromatic rings. The van der Waals surface area contributed by atoms with Gasteiger partial charge in [-0.05, 0) is 80.6 Å². The van der Waals surface area contributed by atoms with Gasteiger partial charge in [-0.2, -0.15) is 0 Å². The third kappa shape index (κ3) is 3.66. The molecule has 1 unspecified atom stereocenters. The van der Waals surface area contributed by atoms with Crippen molar-refractivity contribution in [1.82, 2.24) is 10.3 Å². The smallest absolute Gasteiger partial charge is 0.104 e. The maximum atomic E-state index is 6.41. The zero-order valence-electron chi connectivity index (χ0n) is 19.1. The molecule has 0 aromatic carbocycles. The van der Waals surface area contributed by atoms with E-state index >= 15 is 0 Å². The minimum atomic E-state index is 0.0885. The van der Waals surface area contributed by atoms with Gasteiger partial charge in [0.15, 0.2) is 0 Å². The molecule has 4 nitrogen and oxygen atoms in total. The van der Waals surface area contributed by atoms with Crippen LogP contribution in [0.4, 0.5) is 0 Å².